The molecule has 6 rings (SSSR count). The highest BCUT2D eigenvalue weighted by atomic mass is 32.2. The van der Waals surface area contributed by atoms with Crippen LogP contribution in [0.3, 0.4) is 0 Å². The number of rotatable bonds is 6. The Morgan fingerprint density at radius 1 is 1.00 bits per heavy atom. The molecule has 8 heteroatoms. The van der Waals surface area contributed by atoms with Crippen molar-refractivity contribution in [3.8, 4) is 22.8 Å². The minimum Gasteiger partial charge on any atom is -0.411 e. The van der Waals surface area contributed by atoms with Gasteiger partial charge in [-0.05, 0) is 54.7 Å². The van der Waals surface area contributed by atoms with Crippen molar-refractivity contribution in [2.75, 3.05) is 5.75 Å². The molecule has 0 spiro atoms. The van der Waals surface area contributed by atoms with E-state index in [9.17, 15) is 4.79 Å². The van der Waals surface area contributed by atoms with Gasteiger partial charge in [0.05, 0.1) is 34.3 Å². The number of carbonyl (C=O) groups is 1. The number of pyridine rings is 2. The van der Waals surface area contributed by atoms with Crippen molar-refractivity contribution in [2.24, 2.45) is 0 Å². The molecule has 36 heavy (non-hydrogen) atoms. The number of nitrogens with one attached hydrogen (secondary N) is 1. The molecule has 1 amide bonds. The van der Waals surface area contributed by atoms with Crippen LogP contribution in [0.15, 0.2) is 88.6 Å². The van der Waals surface area contributed by atoms with Gasteiger partial charge in [0.2, 0.25) is 11.8 Å². The number of hydrogen-bond donors (Lipinski definition) is 1. The molecule has 1 aliphatic rings. The van der Waals surface area contributed by atoms with Crippen LogP contribution in [0.1, 0.15) is 30.0 Å². The fourth-order valence-corrected chi connectivity index (χ4v) is 5.22. The average molecular weight is 494 g/mol. The summed E-state index contributed by atoms with van der Waals surface area (Å²) in [5, 5.41) is 12.9. The molecule has 0 aliphatic heterocycles. The quantitative estimate of drug-likeness (QED) is 0.306. The zero-order valence-electron chi connectivity index (χ0n) is 19.4. The molecular formula is C28H23N5O2S. The van der Waals surface area contributed by atoms with Crippen molar-refractivity contribution in [2.45, 2.75) is 30.5 Å². The van der Waals surface area contributed by atoms with E-state index in [0.29, 0.717) is 11.1 Å². The highest BCUT2D eigenvalue weighted by Crippen LogP contribution is 2.33. The maximum atomic E-state index is 12.7. The summed E-state index contributed by atoms with van der Waals surface area (Å²) in [5.74, 6) is 0.541. The number of thioether (sulfide) groups is 1. The van der Waals surface area contributed by atoms with E-state index in [4.69, 9.17) is 9.40 Å². The number of para-hydroxylation sites is 1. The molecule has 178 valence electrons. The van der Waals surface area contributed by atoms with Gasteiger partial charge in [-0.1, -0.05) is 60.3 Å². The first kappa shape index (κ1) is 22.4. The van der Waals surface area contributed by atoms with Gasteiger partial charge in [-0.3, -0.25) is 9.78 Å². The summed E-state index contributed by atoms with van der Waals surface area (Å²) in [6.45, 7) is 0. The number of hydrogen-bond acceptors (Lipinski definition) is 7. The van der Waals surface area contributed by atoms with Gasteiger partial charge in [0.15, 0.2) is 0 Å². The average Bonchev–Trinajstić information content (AvgIpc) is 3.41. The maximum Gasteiger partial charge on any atom is 0.277 e. The lowest BCUT2D eigenvalue weighted by atomic mass is 9.88. The van der Waals surface area contributed by atoms with E-state index in [1.807, 2.05) is 54.6 Å². The number of aryl methyl sites for hydroxylation is 1. The molecule has 0 unspecified atom stereocenters. The second-order valence-corrected chi connectivity index (χ2v) is 9.59. The van der Waals surface area contributed by atoms with E-state index in [-0.39, 0.29) is 17.7 Å². The normalized spacial score (nSPS) is 14.9. The van der Waals surface area contributed by atoms with Crippen LogP contribution in [-0.2, 0) is 11.2 Å². The molecule has 1 N–H and O–H groups in total. The van der Waals surface area contributed by atoms with Crippen LogP contribution in [0.4, 0.5) is 0 Å². The lowest BCUT2D eigenvalue weighted by molar-refractivity contribution is -0.119. The number of aromatic nitrogens is 4. The third-order valence-corrected chi connectivity index (χ3v) is 7.13. The molecule has 3 heterocycles. The summed E-state index contributed by atoms with van der Waals surface area (Å²) in [4.78, 5) is 21.9. The molecule has 0 saturated carbocycles. The Hall–Kier alpha value is -4.04. The lowest BCUT2D eigenvalue weighted by Crippen LogP contribution is -2.32. The summed E-state index contributed by atoms with van der Waals surface area (Å²) in [7, 11) is 0. The highest BCUT2D eigenvalue weighted by molar-refractivity contribution is 7.99. The largest absolute Gasteiger partial charge is 0.411 e. The molecule has 0 fully saturated rings. The van der Waals surface area contributed by atoms with Crippen molar-refractivity contribution in [1.29, 1.82) is 0 Å². The number of nitrogens with zero attached hydrogens (tertiary/aromatic N) is 4. The fraction of sp³-hybridized carbons (Fsp3) is 0.179. The highest BCUT2D eigenvalue weighted by Gasteiger charge is 2.22. The van der Waals surface area contributed by atoms with Crippen molar-refractivity contribution in [3.05, 3.63) is 90.1 Å². The number of carbonyl (C=O) groups excluding carboxylic acids is 1. The van der Waals surface area contributed by atoms with Crippen molar-refractivity contribution in [1.82, 2.24) is 25.5 Å². The van der Waals surface area contributed by atoms with Gasteiger partial charge < -0.3 is 9.73 Å². The molecule has 0 saturated heterocycles. The van der Waals surface area contributed by atoms with E-state index in [1.54, 1.807) is 6.20 Å². The fourth-order valence-electron chi connectivity index (χ4n) is 4.64. The van der Waals surface area contributed by atoms with E-state index >= 15 is 0 Å². The van der Waals surface area contributed by atoms with Gasteiger partial charge in [-0.15, -0.1) is 10.2 Å². The van der Waals surface area contributed by atoms with Gasteiger partial charge in [0.1, 0.15) is 0 Å². The zero-order chi connectivity index (χ0) is 24.3. The molecular weight excluding hydrogens is 470 g/mol. The van der Waals surface area contributed by atoms with Crippen LogP contribution >= 0.6 is 11.8 Å². The van der Waals surface area contributed by atoms with E-state index in [0.717, 1.165) is 47.1 Å². The standard InChI is InChI=1S/C28H23N5O2S/c34-26(31-22-14-7-9-18-8-1-2-10-19(18)22)17-36-28-33-32-27(35-28)21-16-25(24-13-5-6-15-29-24)30-23-12-4-3-11-20(21)23/h1-6,8,10-13,15-16,22H,7,9,14,17H2,(H,31,34)/t22-/m1/s1. The minimum absolute atomic E-state index is 0.0479. The Morgan fingerprint density at radius 2 is 1.86 bits per heavy atom. The van der Waals surface area contributed by atoms with Gasteiger partial charge in [-0.2, -0.15) is 0 Å². The SMILES string of the molecule is O=C(CSc1nnc(-c2cc(-c3ccccn3)nc3ccccc23)o1)N[C@@H]1CCCc2ccccc21. The molecule has 7 nitrogen and oxygen atoms in total. The molecule has 5 aromatic rings. The molecule has 2 aromatic carbocycles. The lowest BCUT2D eigenvalue weighted by Gasteiger charge is -2.26. The summed E-state index contributed by atoms with van der Waals surface area (Å²) >= 11 is 1.24. The maximum absolute atomic E-state index is 12.7. The third kappa shape index (κ3) is 4.59. The zero-order valence-corrected chi connectivity index (χ0v) is 20.2. The Balaban J connectivity index is 1.20. The first-order valence-corrected chi connectivity index (χ1v) is 12.9. The second kappa shape index (κ2) is 9.91. The Morgan fingerprint density at radius 3 is 2.78 bits per heavy atom. The van der Waals surface area contributed by atoms with Gasteiger partial charge in [0.25, 0.3) is 5.22 Å². The number of benzene rings is 2. The predicted molar refractivity (Wildman–Crippen MR) is 139 cm³/mol. The third-order valence-electron chi connectivity index (χ3n) is 6.31. The van der Waals surface area contributed by atoms with Crippen molar-refractivity contribution in [3.63, 3.8) is 0 Å². The summed E-state index contributed by atoms with van der Waals surface area (Å²) < 4.78 is 5.98. The first-order chi connectivity index (χ1) is 17.7. The number of amides is 1. The van der Waals surface area contributed by atoms with Crippen molar-refractivity contribution >= 4 is 28.6 Å². The van der Waals surface area contributed by atoms with E-state index < -0.39 is 0 Å². The summed E-state index contributed by atoms with van der Waals surface area (Å²) in [6.07, 6.45) is 4.83. The van der Waals surface area contributed by atoms with Crippen LogP contribution in [0.2, 0.25) is 0 Å². The molecule has 0 radical (unpaired) electrons. The smallest absolute Gasteiger partial charge is 0.277 e. The van der Waals surface area contributed by atoms with Crippen LogP contribution in [0.5, 0.6) is 0 Å². The van der Waals surface area contributed by atoms with Crippen molar-refractivity contribution < 1.29 is 9.21 Å². The Kier molecular flexibility index (Phi) is 6.17. The van der Waals surface area contributed by atoms with Crippen LogP contribution in [0.25, 0.3) is 33.7 Å². The summed E-state index contributed by atoms with van der Waals surface area (Å²) in [5.41, 5.74) is 5.62. The van der Waals surface area contributed by atoms with Gasteiger partial charge in [-0.25, -0.2) is 4.98 Å². The Labute approximate surface area is 212 Å². The molecule has 3 aromatic heterocycles. The number of fused-ring (bicyclic) bond motifs is 2. The monoisotopic (exact) mass is 493 g/mol. The van der Waals surface area contributed by atoms with E-state index in [1.165, 1.54) is 22.9 Å². The van der Waals surface area contributed by atoms with Gasteiger partial charge in [0, 0.05) is 11.6 Å². The molecule has 1 aliphatic carbocycles. The molecule has 1 atom stereocenters. The summed E-state index contributed by atoms with van der Waals surface area (Å²) in [6, 6.07) is 23.8. The minimum atomic E-state index is -0.0479. The van der Waals surface area contributed by atoms with Crippen LogP contribution in [0, 0.1) is 0 Å². The predicted octanol–water partition coefficient (Wildman–Crippen LogP) is 5.63. The Bertz CT molecular complexity index is 1540. The van der Waals surface area contributed by atoms with Gasteiger partial charge >= 0.3 is 0 Å². The first-order valence-electron chi connectivity index (χ1n) is 11.9. The topological polar surface area (TPSA) is 93.8 Å². The molecule has 0 bridgehead atoms. The van der Waals surface area contributed by atoms with Crippen LogP contribution < -0.4 is 5.32 Å². The van der Waals surface area contributed by atoms with Crippen LogP contribution in [-0.4, -0.2) is 31.8 Å². The van der Waals surface area contributed by atoms with E-state index in [2.05, 4.69) is 38.7 Å². The second-order valence-electron chi connectivity index (χ2n) is 8.66.